The van der Waals surface area contributed by atoms with Crippen LogP contribution in [0.3, 0.4) is 0 Å². The summed E-state index contributed by atoms with van der Waals surface area (Å²) in [6, 6.07) is 14.3. The standard InChI is InChI=1S/C23H29N3O3/c1-17-5-3-4-6-20(17)26-11-9-25(10-12-26)16-23(27)24-18(2)19-7-8-21-22(15-19)29-14-13-28-21/h3-8,15,18H,9-14,16H2,1-2H3,(H,24,27)/t18-/m1/s1. The van der Waals surface area contributed by atoms with E-state index in [-0.39, 0.29) is 11.9 Å². The van der Waals surface area contributed by atoms with Crippen molar-refractivity contribution in [2.45, 2.75) is 19.9 Å². The number of ether oxygens (including phenoxy) is 2. The Bertz CT molecular complexity index is 862. The van der Waals surface area contributed by atoms with E-state index in [1.54, 1.807) is 0 Å². The van der Waals surface area contributed by atoms with Crippen LogP contribution in [0.15, 0.2) is 42.5 Å². The van der Waals surface area contributed by atoms with Crippen LogP contribution in [-0.2, 0) is 4.79 Å². The number of fused-ring (bicyclic) bond motifs is 1. The zero-order valence-corrected chi connectivity index (χ0v) is 17.2. The molecule has 2 heterocycles. The monoisotopic (exact) mass is 395 g/mol. The van der Waals surface area contributed by atoms with Crippen LogP contribution in [0, 0.1) is 6.92 Å². The van der Waals surface area contributed by atoms with Gasteiger partial charge in [0.05, 0.1) is 12.6 Å². The molecule has 0 bridgehead atoms. The van der Waals surface area contributed by atoms with E-state index in [1.807, 2.05) is 25.1 Å². The van der Waals surface area contributed by atoms with Gasteiger partial charge in [0.1, 0.15) is 13.2 Å². The van der Waals surface area contributed by atoms with Crippen molar-refractivity contribution in [2.75, 3.05) is 50.8 Å². The molecule has 2 aromatic carbocycles. The number of benzene rings is 2. The van der Waals surface area contributed by atoms with Crippen molar-refractivity contribution in [3.8, 4) is 11.5 Å². The van der Waals surface area contributed by atoms with Gasteiger partial charge in [-0.05, 0) is 43.2 Å². The fraction of sp³-hybridized carbons (Fsp3) is 0.435. The zero-order chi connectivity index (χ0) is 20.2. The van der Waals surface area contributed by atoms with E-state index >= 15 is 0 Å². The molecule has 0 saturated carbocycles. The largest absolute Gasteiger partial charge is 0.486 e. The third-order valence-electron chi connectivity index (χ3n) is 5.64. The average molecular weight is 396 g/mol. The molecule has 4 rings (SSSR count). The molecule has 1 N–H and O–H groups in total. The fourth-order valence-corrected chi connectivity index (χ4v) is 3.97. The maximum absolute atomic E-state index is 12.6. The second-order valence-corrected chi connectivity index (χ2v) is 7.74. The highest BCUT2D eigenvalue weighted by Crippen LogP contribution is 2.32. The van der Waals surface area contributed by atoms with Crippen LogP contribution in [0.5, 0.6) is 11.5 Å². The lowest BCUT2D eigenvalue weighted by Crippen LogP contribution is -2.49. The van der Waals surface area contributed by atoms with Gasteiger partial charge in [-0.15, -0.1) is 0 Å². The summed E-state index contributed by atoms with van der Waals surface area (Å²) < 4.78 is 11.2. The summed E-state index contributed by atoms with van der Waals surface area (Å²) in [5.74, 6) is 1.57. The fourth-order valence-electron chi connectivity index (χ4n) is 3.97. The van der Waals surface area contributed by atoms with Crippen molar-refractivity contribution < 1.29 is 14.3 Å². The van der Waals surface area contributed by atoms with E-state index < -0.39 is 0 Å². The first kappa shape index (κ1) is 19.6. The average Bonchev–Trinajstić information content (AvgIpc) is 2.74. The summed E-state index contributed by atoms with van der Waals surface area (Å²) >= 11 is 0. The molecule has 0 spiro atoms. The molecule has 2 aliphatic heterocycles. The van der Waals surface area contributed by atoms with Crippen LogP contribution in [0.4, 0.5) is 5.69 Å². The molecule has 0 aliphatic carbocycles. The first-order valence-electron chi connectivity index (χ1n) is 10.3. The maximum atomic E-state index is 12.6. The van der Waals surface area contributed by atoms with Crippen molar-refractivity contribution >= 4 is 11.6 Å². The normalized spacial score (nSPS) is 17.7. The predicted octanol–water partition coefficient (Wildman–Crippen LogP) is 2.77. The molecule has 154 valence electrons. The Morgan fingerprint density at radius 3 is 2.52 bits per heavy atom. The quantitative estimate of drug-likeness (QED) is 0.844. The Morgan fingerprint density at radius 1 is 1.03 bits per heavy atom. The van der Waals surface area contributed by atoms with Gasteiger partial charge in [0.25, 0.3) is 0 Å². The number of carbonyl (C=O) groups excluding carboxylic acids is 1. The summed E-state index contributed by atoms with van der Waals surface area (Å²) in [7, 11) is 0. The number of nitrogens with zero attached hydrogens (tertiary/aromatic N) is 2. The number of carbonyl (C=O) groups is 1. The number of hydrogen-bond donors (Lipinski definition) is 1. The SMILES string of the molecule is Cc1ccccc1N1CCN(CC(=O)N[C@H](C)c2ccc3c(c2)OCCO3)CC1. The molecule has 2 aliphatic rings. The Morgan fingerprint density at radius 2 is 1.76 bits per heavy atom. The Balaban J connectivity index is 1.27. The van der Waals surface area contributed by atoms with Crippen molar-refractivity contribution in [3.05, 3.63) is 53.6 Å². The molecule has 0 aromatic heterocycles. The van der Waals surface area contributed by atoms with Gasteiger partial charge in [0.15, 0.2) is 11.5 Å². The molecule has 1 fully saturated rings. The number of nitrogens with one attached hydrogen (secondary N) is 1. The molecular formula is C23H29N3O3. The van der Waals surface area contributed by atoms with E-state index in [0.717, 1.165) is 43.2 Å². The summed E-state index contributed by atoms with van der Waals surface area (Å²) in [5, 5.41) is 3.11. The Labute approximate surface area is 172 Å². The molecule has 0 radical (unpaired) electrons. The van der Waals surface area contributed by atoms with Crippen molar-refractivity contribution in [2.24, 2.45) is 0 Å². The van der Waals surface area contributed by atoms with Crippen LogP contribution in [0.2, 0.25) is 0 Å². The van der Waals surface area contributed by atoms with Crippen LogP contribution >= 0.6 is 0 Å². The molecule has 0 unspecified atom stereocenters. The minimum absolute atomic E-state index is 0.0525. The molecule has 6 heteroatoms. The molecule has 6 nitrogen and oxygen atoms in total. The third kappa shape index (κ3) is 4.65. The number of amides is 1. The highest BCUT2D eigenvalue weighted by molar-refractivity contribution is 5.78. The van der Waals surface area contributed by atoms with Crippen molar-refractivity contribution in [1.29, 1.82) is 0 Å². The smallest absolute Gasteiger partial charge is 0.234 e. The summed E-state index contributed by atoms with van der Waals surface area (Å²) in [6.07, 6.45) is 0. The second kappa shape index (κ2) is 8.74. The lowest BCUT2D eigenvalue weighted by molar-refractivity contribution is -0.123. The van der Waals surface area contributed by atoms with E-state index in [9.17, 15) is 4.79 Å². The third-order valence-corrected chi connectivity index (χ3v) is 5.64. The number of piperazine rings is 1. The second-order valence-electron chi connectivity index (χ2n) is 7.74. The van der Waals surface area contributed by atoms with E-state index in [4.69, 9.17) is 9.47 Å². The molecular weight excluding hydrogens is 366 g/mol. The van der Waals surface area contributed by atoms with Crippen LogP contribution in [0.25, 0.3) is 0 Å². The van der Waals surface area contributed by atoms with Gasteiger partial charge < -0.3 is 19.7 Å². The first-order valence-corrected chi connectivity index (χ1v) is 10.3. The topological polar surface area (TPSA) is 54.0 Å². The predicted molar refractivity (Wildman–Crippen MR) is 114 cm³/mol. The van der Waals surface area contributed by atoms with Gasteiger partial charge >= 0.3 is 0 Å². The molecule has 1 saturated heterocycles. The maximum Gasteiger partial charge on any atom is 0.234 e. The van der Waals surface area contributed by atoms with Crippen molar-refractivity contribution in [3.63, 3.8) is 0 Å². The number of anilines is 1. The molecule has 2 aromatic rings. The highest BCUT2D eigenvalue weighted by Gasteiger charge is 2.21. The van der Waals surface area contributed by atoms with Crippen LogP contribution in [-0.4, -0.2) is 56.7 Å². The van der Waals surface area contributed by atoms with Gasteiger partial charge in [-0.1, -0.05) is 24.3 Å². The van der Waals surface area contributed by atoms with Gasteiger partial charge in [0, 0.05) is 31.9 Å². The van der Waals surface area contributed by atoms with E-state index in [1.165, 1.54) is 11.3 Å². The summed E-state index contributed by atoms with van der Waals surface area (Å²) in [6.45, 7) is 9.37. The zero-order valence-electron chi connectivity index (χ0n) is 17.2. The number of para-hydroxylation sites is 1. The van der Waals surface area contributed by atoms with E-state index in [0.29, 0.717) is 19.8 Å². The van der Waals surface area contributed by atoms with Gasteiger partial charge in [-0.3, -0.25) is 9.69 Å². The number of aryl methyl sites for hydroxylation is 1. The van der Waals surface area contributed by atoms with Crippen molar-refractivity contribution in [1.82, 2.24) is 10.2 Å². The minimum atomic E-state index is -0.0772. The first-order chi connectivity index (χ1) is 14.1. The minimum Gasteiger partial charge on any atom is -0.486 e. The summed E-state index contributed by atoms with van der Waals surface area (Å²) in [5.41, 5.74) is 3.61. The highest BCUT2D eigenvalue weighted by atomic mass is 16.6. The Hall–Kier alpha value is -2.73. The van der Waals surface area contributed by atoms with E-state index in [2.05, 4.69) is 46.3 Å². The molecule has 29 heavy (non-hydrogen) atoms. The van der Waals surface area contributed by atoms with Gasteiger partial charge in [-0.2, -0.15) is 0 Å². The summed E-state index contributed by atoms with van der Waals surface area (Å²) in [4.78, 5) is 17.2. The molecule has 1 atom stereocenters. The van der Waals surface area contributed by atoms with Crippen LogP contribution < -0.4 is 19.7 Å². The van der Waals surface area contributed by atoms with Gasteiger partial charge in [0.2, 0.25) is 5.91 Å². The van der Waals surface area contributed by atoms with Gasteiger partial charge in [-0.25, -0.2) is 0 Å². The number of rotatable bonds is 5. The number of hydrogen-bond acceptors (Lipinski definition) is 5. The lowest BCUT2D eigenvalue weighted by Gasteiger charge is -2.36. The molecule has 1 amide bonds. The Kier molecular flexibility index (Phi) is 5.90. The lowest BCUT2D eigenvalue weighted by atomic mass is 10.1. The van der Waals surface area contributed by atoms with Crippen LogP contribution in [0.1, 0.15) is 24.1 Å².